The monoisotopic (exact) mass is 267 g/mol. The van der Waals surface area contributed by atoms with Gasteiger partial charge in [-0.15, -0.1) is 11.8 Å². The number of methoxy groups -OCH3 is 1. The number of thioether (sulfide) groups is 1. The van der Waals surface area contributed by atoms with E-state index in [-0.39, 0.29) is 16.7 Å². The number of amides is 1. The molecule has 0 radical (unpaired) electrons. The zero-order valence-corrected chi connectivity index (χ0v) is 12.4. The third-order valence-electron chi connectivity index (χ3n) is 2.24. The summed E-state index contributed by atoms with van der Waals surface area (Å²) in [4.78, 5) is 13.0. The van der Waals surface area contributed by atoms with Gasteiger partial charge in [0.05, 0.1) is 12.4 Å². The van der Waals surface area contributed by atoms with Crippen LogP contribution in [0, 0.1) is 0 Å². The number of carbonyl (C=O) groups is 1. The summed E-state index contributed by atoms with van der Waals surface area (Å²) in [6.07, 6.45) is 0. The second-order valence-corrected chi connectivity index (χ2v) is 6.59. The summed E-state index contributed by atoms with van der Waals surface area (Å²) in [5, 5.41) is 2.86. The van der Waals surface area contributed by atoms with E-state index in [4.69, 9.17) is 4.74 Å². The van der Waals surface area contributed by atoms with Gasteiger partial charge in [0.15, 0.2) is 0 Å². The van der Waals surface area contributed by atoms with Crippen LogP contribution in [-0.2, 0) is 4.79 Å². The number of hydrogen-bond acceptors (Lipinski definition) is 3. The molecule has 1 N–H and O–H groups in total. The summed E-state index contributed by atoms with van der Waals surface area (Å²) in [6, 6.07) is 7.72. The first-order chi connectivity index (χ1) is 8.31. The molecule has 0 aliphatic heterocycles. The van der Waals surface area contributed by atoms with Crippen molar-refractivity contribution in [1.82, 2.24) is 5.32 Å². The molecule has 0 aliphatic carbocycles. The largest absolute Gasteiger partial charge is 0.497 e. The molecule has 0 aromatic heterocycles. The highest BCUT2D eigenvalue weighted by Gasteiger charge is 2.19. The van der Waals surface area contributed by atoms with E-state index in [0.717, 1.165) is 10.6 Å². The summed E-state index contributed by atoms with van der Waals surface area (Å²) in [5.74, 6) is 0.884. The Balaban J connectivity index is 2.58. The van der Waals surface area contributed by atoms with Gasteiger partial charge in [0.2, 0.25) is 5.91 Å². The van der Waals surface area contributed by atoms with Gasteiger partial charge in [0.1, 0.15) is 5.75 Å². The van der Waals surface area contributed by atoms with Gasteiger partial charge in [-0.25, -0.2) is 0 Å². The molecule has 1 amide bonds. The second kappa shape index (κ2) is 6.14. The van der Waals surface area contributed by atoms with Gasteiger partial charge in [-0.05, 0) is 52.0 Å². The van der Waals surface area contributed by atoms with Gasteiger partial charge in [0, 0.05) is 10.4 Å². The first-order valence-corrected chi connectivity index (χ1v) is 6.82. The van der Waals surface area contributed by atoms with E-state index in [1.54, 1.807) is 18.9 Å². The minimum absolute atomic E-state index is 0.0586. The van der Waals surface area contributed by atoms with Gasteiger partial charge < -0.3 is 10.1 Å². The van der Waals surface area contributed by atoms with Crippen LogP contribution >= 0.6 is 11.8 Å². The predicted octanol–water partition coefficient (Wildman–Crippen LogP) is 3.09. The van der Waals surface area contributed by atoms with Crippen LogP contribution in [0.4, 0.5) is 0 Å². The summed E-state index contributed by atoms with van der Waals surface area (Å²) in [7, 11) is 1.64. The summed E-state index contributed by atoms with van der Waals surface area (Å²) >= 11 is 1.54. The molecular weight excluding hydrogens is 246 g/mol. The number of hydrogen-bond donors (Lipinski definition) is 1. The fourth-order valence-corrected chi connectivity index (χ4v) is 2.25. The van der Waals surface area contributed by atoms with Gasteiger partial charge in [0.25, 0.3) is 0 Å². The maximum atomic E-state index is 11.9. The van der Waals surface area contributed by atoms with E-state index < -0.39 is 0 Å². The third kappa shape index (κ3) is 5.00. The molecule has 0 saturated heterocycles. The van der Waals surface area contributed by atoms with E-state index in [1.807, 2.05) is 52.0 Å². The van der Waals surface area contributed by atoms with E-state index in [2.05, 4.69) is 5.32 Å². The number of nitrogens with one attached hydrogen (secondary N) is 1. The lowest BCUT2D eigenvalue weighted by atomic mass is 10.1. The molecule has 18 heavy (non-hydrogen) atoms. The van der Waals surface area contributed by atoms with Crippen molar-refractivity contribution in [3.8, 4) is 5.75 Å². The van der Waals surface area contributed by atoms with Crippen LogP contribution in [0.2, 0.25) is 0 Å². The Morgan fingerprint density at radius 3 is 2.28 bits per heavy atom. The van der Waals surface area contributed by atoms with Crippen LogP contribution in [-0.4, -0.2) is 23.8 Å². The van der Waals surface area contributed by atoms with E-state index in [0.29, 0.717) is 0 Å². The van der Waals surface area contributed by atoms with Gasteiger partial charge in [-0.3, -0.25) is 4.79 Å². The minimum Gasteiger partial charge on any atom is -0.497 e. The molecule has 0 saturated carbocycles. The molecule has 4 heteroatoms. The van der Waals surface area contributed by atoms with Gasteiger partial charge in [-0.1, -0.05) is 0 Å². The first kappa shape index (κ1) is 14.9. The molecule has 1 atom stereocenters. The van der Waals surface area contributed by atoms with Crippen molar-refractivity contribution in [2.75, 3.05) is 7.11 Å². The summed E-state index contributed by atoms with van der Waals surface area (Å²) in [5.41, 5.74) is -0.189. The van der Waals surface area contributed by atoms with E-state index in [1.165, 1.54) is 0 Å². The Hall–Kier alpha value is -1.16. The fourth-order valence-electron chi connectivity index (χ4n) is 1.38. The van der Waals surface area contributed by atoms with Crippen LogP contribution in [0.25, 0.3) is 0 Å². The van der Waals surface area contributed by atoms with Crippen molar-refractivity contribution >= 4 is 17.7 Å². The Bertz CT molecular complexity index is 395. The second-order valence-electron chi connectivity index (χ2n) is 5.17. The van der Waals surface area contributed by atoms with Crippen LogP contribution in [0.1, 0.15) is 27.7 Å². The molecule has 0 heterocycles. The molecule has 1 aromatic carbocycles. The zero-order valence-electron chi connectivity index (χ0n) is 11.6. The highest BCUT2D eigenvalue weighted by atomic mass is 32.2. The highest BCUT2D eigenvalue weighted by Crippen LogP contribution is 2.25. The summed E-state index contributed by atoms with van der Waals surface area (Å²) in [6.45, 7) is 7.86. The molecular formula is C14H21NO2S. The van der Waals surface area contributed by atoms with E-state index >= 15 is 0 Å². The standard InChI is InChI=1S/C14H21NO2S/c1-10(13(16)15-14(2,3)4)18-12-8-6-11(17-5)7-9-12/h6-10H,1-5H3,(H,15,16). The van der Waals surface area contributed by atoms with Crippen molar-refractivity contribution in [3.05, 3.63) is 24.3 Å². The van der Waals surface area contributed by atoms with Crippen LogP contribution in [0.5, 0.6) is 5.75 Å². The number of benzene rings is 1. The van der Waals surface area contributed by atoms with Crippen LogP contribution in [0.3, 0.4) is 0 Å². The molecule has 1 unspecified atom stereocenters. The average Bonchev–Trinajstić information content (AvgIpc) is 2.27. The Morgan fingerprint density at radius 2 is 1.83 bits per heavy atom. The highest BCUT2D eigenvalue weighted by molar-refractivity contribution is 8.00. The predicted molar refractivity (Wildman–Crippen MR) is 76.2 cm³/mol. The van der Waals surface area contributed by atoms with Gasteiger partial charge >= 0.3 is 0 Å². The lowest BCUT2D eigenvalue weighted by Gasteiger charge is -2.23. The molecule has 0 aliphatic rings. The number of ether oxygens (including phenoxy) is 1. The van der Waals surface area contributed by atoms with Crippen molar-refractivity contribution in [2.24, 2.45) is 0 Å². The maximum Gasteiger partial charge on any atom is 0.233 e. The molecule has 1 aromatic rings. The quantitative estimate of drug-likeness (QED) is 0.852. The molecule has 1 rings (SSSR count). The average molecular weight is 267 g/mol. The first-order valence-electron chi connectivity index (χ1n) is 5.94. The lowest BCUT2D eigenvalue weighted by Crippen LogP contribution is -2.44. The SMILES string of the molecule is COc1ccc(SC(C)C(=O)NC(C)(C)C)cc1. The Morgan fingerprint density at radius 1 is 1.28 bits per heavy atom. The Labute approximate surface area is 113 Å². The maximum absolute atomic E-state index is 11.9. The van der Waals surface area contributed by atoms with Crippen LogP contribution < -0.4 is 10.1 Å². The lowest BCUT2D eigenvalue weighted by molar-refractivity contribution is -0.121. The smallest absolute Gasteiger partial charge is 0.233 e. The number of carbonyl (C=O) groups excluding carboxylic acids is 1. The van der Waals surface area contributed by atoms with Crippen molar-refractivity contribution in [2.45, 2.75) is 43.4 Å². The fraction of sp³-hybridized carbons (Fsp3) is 0.500. The van der Waals surface area contributed by atoms with Gasteiger partial charge in [-0.2, -0.15) is 0 Å². The minimum atomic E-state index is -0.189. The Kier molecular flexibility index (Phi) is 5.08. The molecule has 3 nitrogen and oxygen atoms in total. The zero-order chi connectivity index (χ0) is 13.8. The number of rotatable bonds is 4. The van der Waals surface area contributed by atoms with Crippen LogP contribution in [0.15, 0.2) is 29.2 Å². The van der Waals surface area contributed by atoms with Crippen molar-refractivity contribution < 1.29 is 9.53 Å². The normalized spacial score (nSPS) is 12.9. The van der Waals surface area contributed by atoms with E-state index in [9.17, 15) is 4.79 Å². The molecule has 0 spiro atoms. The topological polar surface area (TPSA) is 38.3 Å². The van der Waals surface area contributed by atoms with Crippen molar-refractivity contribution in [1.29, 1.82) is 0 Å². The summed E-state index contributed by atoms with van der Waals surface area (Å²) < 4.78 is 5.10. The molecule has 0 bridgehead atoms. The third-order valence-corrected chi connectivity index (χ3v) is 3.35. The molecule has 0 fully saturated rings. The van der Waals surface area contributed by atoms with Crippen molar-refractivity contribution in [3.63, 3.8) is 0 Å². The molecule has 100 valence electrons.